The molecule has 0 heterocycles. The normalized spacial score (nSPS) is 15.4. The van der Waals surface area contributed by atoms with Crippen molar-refractivity contribution in [3.63, 3.8) is 0 Å². The van der Waals surface area contributed by atoms with E-state index < -0.39 is 11.7 Å². The average Bonchev–Trinajstić information content (AvgIpc) is 3.22. The molecule has 1 fully saturated rings. The Kier molecular flexibility index (Phi) is 4.55. The number of anilines is 1. The van der Waals surface area contributed by atoms with Gasteiger partial charge in [0.1, 0.15) is 0 Å². The van der Waals surface area contributed by atoms with Crippen LogP contribution in [0.2, 0.25) is 0 Å². The van der Waals surface area contributed by atoms with Gasteiger partial charge in [0.15, 0.2) is 0 Å². The number of alkyl halides is 3. The molecule has 0 bridgehead atoms. The van der Waals surface area contributed by atoms with Crippen LogP contribution in [-0.2, 0) is 17.5 Å². The van der Waals surface area contributed by atoms with Crippen LogP contribution in [0.1, 0.15) is 24.0 Å². The quantitative estimate of drug-likeness (QED) is 0.874. The molecule has 0 aromatic heterocycles. The first kappa shape index (κ1) is 15.1. The lowest BCUT2D eigenvalue weighted by Crippen LogP contribution is -2.29. The summed E-state index contributed by atoms with van der Waals surface area (Å²) in [5.74, 6) is 0. The zero-order valence-corrected chi connectivity index (χ0v) is 11.4. The molecule has 1 aromatic carbocycles. The Labute approximate surface area is 116 Å². The molecule has 0 aliphatic heterocycles. The predicted octanol–water partition coefficient (Wildman–Crippen LogP) is 2.78. The maximum atomic E-state index is 13.0. The summed E-state index contributed by atoms with van der Waals surface area (Å²) in [4.78, 5) is 1.99. The fourth-order valence-corrected chi connectivity index (χ4v) is 2.28. The lowest BCUT2D eigenvalue weighted by molar-refractivity contribution is -0.138. The Hall–Kier alpha value is -1.27. The van der Waals surface area contributed by atoms with Crippen molar-refractivity contribution in [2.45, 2.75) is 31.6 Å². The zero-order valence-electron chi connectivity index (χ0n) is 11.4. The number of benzene rings is 1. The summed E-state index contributed by atoms with van der Waals surface area (Å²) in [7, 11) is 1.59. The molecule has 0 spiro atoms. The minimum absolute atomic E-state index is 0.114. The molecule has 2 rings (SSSR count). The van der Waals surface area contributed by atoms with Gasteiger partial charge in [-0.05, 0) is 30.5 Å². The molecular weight excluding hydrogens is 269 g/mol. The van der Waals surface area contributed by atoms with Gasteiger partial charge in [0.25, 0.3) is 0 Å². The van der Waals surface area contributed by atoms with Gasteiger partial charge in [0.2, 0.25) is 0 Å². The highest BCUT2D eigenvalue weighted by Crippen LogP contribution is 2.37. The molecule has 2 N–H and O–H groups in total. The van der Waals surface area contributed by atoms with Gasteiger partial charge in [-0.15, -0.1) is 0 Å². The largest absolute Gasteiger partial charge is 0.416 e. The lowest BCUT2D eigenvalue weighted by atomic mass is 10.1. The van der Waals surface area contributed by atoms with E-state index in [0.29, 0.717) is 24.9 Å². The van der Waals surface area contributed by atoms with Crippen LogP contribution in [0, 0.1) is 0 Å². The van der Waals surface area contributed by atoms with Crippen LogP contribution in [0.3, 0.4) is 0 Å². The third kappa shape index (κ3) is 3.43. The smallest absolute Gasteiger partial charge is 0.383 e. The van der Waals surface area contributed by atoms with E-state index >= 15 is 0 Å². The van der Waals surface area contributed by atoms with E-state index in [1.165, 1.54) is 12.1 Å². The molecule has 0 saturated heterocycles. The van der Waals surface area contributed by atoms with Crippen molar-refractivity contribution in [1.82, 2.24) is 0 Å². The van der Waals surface area contributed by atoms with Crippen molar-refractivity contribution in [3.8, 4) is 0 Å². The van der Waals surface area contributed by atoms with E-state index in [-0.39, 0.29) is 12.1 Å². The molecule has 0 amide bonds. The number of nitrogens with two attached hydrogens (primary N) is 1. The van der Waals surface area contributed by atoms with Gasteiger partial charge in [-0.2, -0.15) is 13.2 Å². The summed E-state index contributed by atoms with van der Waals surface area (Å²) in [6, 6.07) is 4.72. The van der Waals surface area contributed by atoms with Crippen LogP contribution in [0.5, 0.6) is 0 Å². The minimum atomic E-state index is -4.37. The topological polar surface area (TPSA) is 38.5 Å². The predicted molar refractivity (Wildman–Crippen MR) is 71.6 cm³/mol. The second-order valence-corrected chi connectivity index (χ2v) is 4.96. The van der Waals surface area contributed by atoms with Crippen LogP contribution in [0.4, 0.5) is 18.9 Å². The summed E-state index contributed by atoms with van der Waals surface area (Å²) < 4.78 is 44.2. The van der Waals surface area contributed by atoms with E-state index in [2.05, 4.69) is 0 Å². The first-order valence-corrected chi connectivity index (χ1v) is 6.63. The van der Waals surface area contributed by atoms with Crippen molar-refractivity contribution in [1.29, 1.82) is 0 Å². The number of halogens is 3. The number of rotatable bonds is 6. The highest BCUT2D eigenvalue weighted by Gasteiger charge is 2.35. The summed E-state index contributed by atoms with van der Waals surface area (Å²) in [6.07, 6.45) is -2.34. The molecule has 6 heteroatoms. The molecule has 1 saturated carbocycles. The summed E-state index contributed by atoms with van der Waals surface area (Å²) in [5, 5.41) is 0. The molecular formula is C14H19F3N2O. The van der Waals surface area contributed by atoms with Crippen molar-refractivity contribution >= 4 is 5.69 Å². The summed E-state index contributed by atoms with van der Waals surface area (Å²) >= 11 is 0. The number of hydrogen-bond donors (Lipinski definition) is 1. The molecule has 20 heavy (non-hydrogen) atoms. The second-order valence-electron chi connectivity index (χ2n) is 4.96. The fraction of sp³-hybridized carbons (Fsp3) is 0.571. The number of nitrogens with zero attached hydrogens (tertiary/aromatic N) is 1. The van der Waals surface area contributed by atoms with Gasteiger partial charge in [-0.3, -0.25) is 0 Å². The third-order valence-electron chi connectivity index (χ3n) is 3.47. The molecule has 0 atom stereocenters. The Morgan fingerprint density at radius 1 is 1.35 bits per heavy atom. The lowest BCUT2D eigenvalue weighted by Gasteiger charge is -2.26. The first-order chi connectivity index (χ1) is 9.47. The van der Waals surface area contributed by atoms with E-state index in [1.807, 2.05) is 4.90 Å². The Morgan fingerprint density at radius 2 is 2.05 bits per heavy atom. The van der Waals surface area contributed by atoms with Crippen LogP contribution in [-0.4, -0.2) is 26.3 Å². The van der Waals surface area contributed by atoms with Crippen molar-refractivity contribution in [3.05, 3.63) is 29.3 Å². The van der Waals surface area contributed by atoms with Crippen LogP contribution < -0.4 is 10.6 Å². The van der Waals surface area contributed by atoms with Crippen molar-refractivity contribution in [2.75, 3.05) is 25.2 Å². The molecule has 1 aliphatic rings. The standard InChI is InChI=1S/C14H19F3N2O/c1-20-7-6-19(11-4-5-11)12-3-2-10(9-18)13(8-12)14(15,16)17/h2-3,8,11H,4-7,9,18H2,1H3. The highest BCUT2D eigenvalue weighted by atomic mass is 19.4. The maximum Gasteiger partial charge on any atom is 0.416 e. The van der Waals surface area contributed by atoms with Gasteiger partial charge in [0, 0.05) is 31.9 Å². The molecule has 112 valence electrons. The third-order valence-corrected chi connectivity index (χ3v) is 3.47. The van der Waals surface area contributed by atoms with Crippen molar-refractivity contribution < 1.29 is 17.9 Å². The SMILES string of the molecule is COCCN(c1ccc(CN)c(C(F)(F)F)c1)C1CC1. The van der Waals surface area contributed by atoms with E-state index in [9.17, 15) is 13.2 Å². The Balaban J connectivity index is 2.30. The van der Waals surface area contributed by atoms with Gasteiger partial charge in [-0.25, -0.2) is 0 Å². The van der Waals surface area contributed by atoms with Crippen LogP contribution in [0.25, 0.3) is 0 Å². The number of ether oxygens (including phenoxy) is 1. The zero-order chi connectivity index (χ0) is 14.8. The highest BCUT2D eigenvalue weighted by molar-refractivity contribution is 5.53. The Morgan fingerprint density at radius 3 is 2.55 bits per heavy atom. The number of methoxy groups -OCH3 is 1. The van der Waals surface area contributed by atoms with Crippen molar-refractivity contribution in [2.24, 2.45) is 5.73 Å². The molecule has 0 radical (unpaired) electrons. The summed E-state index contributed by atoms with van der Waals surface area (Å²) in [6.45, 7) is 0.980. The fourth-order valence-electron chi connectivity index (χ4n) is 2.28. The van der Waals surface area contributed by atoms with Crippen LogP contribution >= 0.6 is 0 Å². The average molecular weight is 288 g/mol. The number of hydrogen-bond acceptors (Lipinski definition) is 3. The summed E-state index contributed by atoms with van der Waals surface area (Å²) in [5.41, 5.74) is 5.47. The van der Waals surface area contributed by atoms with E-state index in [0.717, 1.165) is 12.8 Å². The molecule has 1 aliphatic carbocycles. The van der Waals surface area contributed by atoms with Gasteiger partial charge >= 0.3 is 6.18 Å². The van der Waals surface area contributed by atoms with Gasteiger partial charge < -0.3 is 15.4 Å². The Bertz CT molecular complexity index is 458. The van der Waals surface area contributed by atoms with E-state index in [4.69, 9.17) is 10.5 Å². The first-order valence-electron chi connectivity index (χ1n) is 6.63. The van der Waals surface area contributed by atoms with Gasteiger partial charge in [0.05, 0.1) is 12.2 Å². The monoisotopic (exact) mass is 288 g/mol. The van der Waals surface area contributed by atoms with Crippen LogP contribution in [0.15, 0.2) is 18.2 Å². The minimum Gasteiger partial charge on any atom is -0.383 e. The molecule has 3 nitrogen and oxygen atoms in total. The maximum absolute atomic E-state index is 13.0. The molecule has 1 aromatic rings. The molecule has 0 unspecified atom stereocenters. The second kappa shape index (κ2) is 6.01. The van der Waals surface area contributed by atoms with Gasteiger partial charge in [-0.1, -0.05) is 6.07 Å². The van der Waals surface area contributed by atoms with E-state index in [1.54, 1.807) is 13.2 Å².